The first-order valence-electron chi connectivity index (χ1n) is 5.13. The molecule has 1 N–H and O–H groups in total. The Labute approximate surface area is 112 Å². The van der Waals surface area contributed by atoms with Crippen molar-refractivity contribution in [1.82, 2.24) is 0 Å². The number of benzene rings is 2. The highest BCUT2D eigenvalue weighted by Crippen LogP contribution is 2.30. The number of carbonyl (C=O) groups is 1. The van der Waals surface area contributed by atoms with Gasteiger partial charge in [-0.1, -0.05) is 17.7 Å². The minimum Gasteiger partial charge on any atom is -0.478 e. The average molecular weight is 285 g/mol. The van der Waals surface area contributed by atoms with Crippen LogP contribution in [0, 0.1) is 11.6 Å². The van der Waals surface area contributed by atoms with Crippen LogP contribution in [-0.4, -0.2) is 11.1 Å². The first-order valence-corrected chi connectivity index (χ1v) is 5.51. The Kier molecular flexibility index (Phi) is 3.66. The number of hydrogen-bond acceptors (Lipinski definition) is 2. The molecule has 0 bridgehead atoms. The molecule has 0 saturated heterocycles. The van der Waals surface area contributed by atoms with Crippen LogP contribution in [0.4, 0.5) is 8.78 Å². The second-order valence-electron chi connectivity index (χ2n) is 3.60. The molecule has 6 heteroatoms. The van der Waals surface area contributed by atoms with Crippen molar-refractivity contribution in [3.8, 4) is 11.5 Å². The molecule has 0 atom stereocenters. The molecule has 2 aromatic rings. The molecule has 0 aliphatic rings. The third-order valence-corrected chi connectivity index (χ3v) is 2.55. The normalized spacial score (nSPS) is 10.3. The third kappa shape index (κ3) is 2.82. The van der Waals surface area contributed by atoms with E-state index in [4.69, 9.17) is 21.4 Å². The van der Waals surface area contributed by atoms with Gasteiger partial charge in [-0.25, -0.2) is 9.18 Å². The number of carboxylic acids is 1. The van der Waals surface area contributed by atoms with Crippen LogP contribution < -0.4 is 4.74 Å². The molecule has 3 nitrogen and oxygen atoms in total. The Morgan fingerprint density at radius 2 is 1.89 bits per heavy atom. The fourth-order valence-corrected chi connectivity index (χ4v) is 1.60. The van der Waals surface area contributed by atoms with Gasteiger partial charge in [-0.15, -0.1) is 0 Å². The maximum Gasteiger partial charge on any atom is 0.339 e. The lowest BCUT2D eigenvalue weighted by Gasteiger charge is -2.10. The Morgan fingerprint density at radius 3 is 2.58 bits per heavy atom. The van der Waals surface area contributed by atoms with E-state index in [1.807, 2.05) is 0 Å². The van der Waals surface area contributed by atoms with Crippen molar-refractivity contribution >= 4 is 17.6 Å². The summed E-state index contributed by atoms with van der Waals surface area (Å²) < 4.78 is 31.5. The Balaban J connectivity index is 2.45. The number of hydrogen-bond donors (Lipinski definition) is 1. The van der Waals surface area contributed by atoms with Crippen LogP contribution in [0.3, 0.4) is 0 Å². The van der Waals surface area contributed by atoms with Crippen molar-refractivity contribution in [2.75, 3.05) is 0 Å². The molecule has 0 radical (unpaired) electrons. The van der Waals surface area contributed by atoms with Crippen molar-refractivity contribution in [3.05, 3.63) is 58.6 Å². The summed E-state index contributed by atoms with van der Waals surface area (Å²) in [7, 11) is 0. The fourth-order valence-electron chi connectivity index (χ4n) is 1.44. The molecule has 0 amide bonds. The predicted molar refractivity (Wildman–Crippen MR) is 64.8 cm³/mol. The largest absolute Gasteiger partial charge is 0.478 e. The zero-order chi connectivity index (χ0) is 14.0. The number of ether oxygens (including phenoxy) is 1. The smallest absolute Gasteiger partial charge is 0.339 e. The van der Waals surface area contributed by atoms with Crippen LogP contribution in [0.15, 0.2) is 36.4 Å². The average Bonchev–Trinajstić information content (AvgIpc) is 2.35. The molecule has 98 valence electrons. The predicted octanol–water partition coefficient (Wildman–Crippen LogP) is 4.11. The number of aromatic carboxylic acids is 1. The first kappa shape index (κ1) is 13.3. The summed E-state index contributed by atoms with van der Waals surface area (Å²) in [5.41, 5.74) is -0.201. The maximum absolute atomic E-state index is 13.4. The van der Waals surface area contributed by atoms with Crippen LogP contribution in [0.1, 0.15) is 10.4 Å². The lowest BCUT2D eigenvalue weighted by molar-refractivity contribution is 0.0694. The van der Waals surface area contributed by atoms with Crippen molar-refractivity contribution < 1.29 is 23.4 Å². The van der Waals surface area contributed by atoms with E-state index >= 15 is 0 Å². The van der Waals surface area contributed by atoms with Gasteiger partial charge in [0.1, 0.15) is 11.3 Å². The second kappa shape index (κ2) is 5.24. The summed E-state index contributed by atoms with van der Waals surface area (Å²) in [6.07, 6.45) is 0. The topological polar surface area (TPSA) is 46.5 Å². The second-order valence-corrected chi connectivity index (χ2v) is 4.04. The molecule has 0 aliphatic heterocycles. The van der Waals surface area contributed by atoms with Crippen LogP contribution >= 0.6 is 11.6 Å². The summed E-state index contributed by atoms with van der Waals surface area (Å²) in [6.45, 7) is 0. The maximum atomic E-state index is 13.4. The van der Waals surface area contributed by atoms with Gasteiger partial charge in [0, 0.05) is 11.1 Å². The highest BCUT2D eigenvalue weighted by molar-refractivity contribution is 6.30. The van der Waals surface area contributed by atoms with E-state index < -0.39 is 23.4 Å². The molecule has 2 aromatic carbocycles. The molecular weight excluding hydrogens is 278 g/mol. The quantitative estimate of drug-likeness (QED) is 0.922. The molecule has 0 aromatic heterocycles. The zero-order valence-electron chi connectivity index (χ0n) is 9.36. The van der Waals surface area contributed by atoms with Gasteiger partial charge >= 0.3 is 5.97 Å². The van der Waals surface area contributed by atoms with Crippen molar-refractivity contribution in [3.63, 3.8) is 0 Å². The lowest BCUT2D eigenvalue weighted by atomic mass is 10.2. The first-order chi connectivity index (χ1) is 8.99. The summed E-state index contributed by atoms with van der Waals surface area (Å²) in [4.78, 5) is 11.0. The molecule has 0 aliphatic carbocycles. The van der Waals surface area contributed by atoms with Gasteiger partial charge in [-0.3, -0.25) is 0 Å². The summed E-state index contributed by atoms with van der Waals surface area (Å²) in [6, 6.07) is 7.16. The van der Waals surface area contributed by atoms with Crippen LogP contribution in [0.2, 0.25) is 5.02 Å². The molecule has 0 unspecified atom stereocenters. The minimum absolute atomic E-state index is 0.162. The SMILES string of the molecule is O=C(O)c1ccc(Cl)cc1Oc1cccc(F)c1F. The van der Waals surface area contributed by atoms with Gasteiger partial charge in [0.15, 0.2) is 11.6 Å². The van der Waals surface area contributed by atoms with Crippen molar-refractivity contribution in [1.29, 1.82) is 0 Å². The Bertz CT molecular complexity index is 644. The number of halogens is 3. The van der Waals surface area contributed by atoms with E-state index in [1.54, 1.807) is 0 Å². The molecule has 2 rings (SSSR count). The third-order valence-electron chi connectivity index (χ3n) is 2.31. The number of rotatable bonds is 3. The fraction of sp³-hybridized carbons (Fsp3) is 0. The highest BCUT2D eigenvalue weighted by Gasteiger charge is 2.15. The van der Waals surface area contributed by atoms with Crippen molar-refractivity contribution in [2.24, 2.45) is 0 Å². The minimum atomic E-state index is -1.26. The lowest BCUT2D eigenvalue weighted by Crippen LogP contribution is -2.01. The van der Waals surface area contributed by atoms with Gasteiger partial charge in [0.05, 0.1) is 0 Å². The zero-order valence-corrected chi connectivity index (χ0v) is 10.1. The van der Waals surface area contributed by atoms with Gasteiger partial charge in [0.25, 0.3) is 0 Å². The molecule has 19 heavy (non-hydrogen) atoms. The van der Waals surface area contributed by atoms with Crippen LogP contribution in [0.5, 0.6) is 11.5 Å². The molecule has 0 spiro atoms. The van der Waals surface area contributed by atoms with E-state index in [1.165, 1.54) is 30.3 Å². The van der Waals surface area contributed by atoms with Crippen LogP contribution in [0.25, 0.3) is 0 Å². The Morgan fingerprint density at radius 1 is 1.16 bits per heavy atom. The van der Waals surface area contributed by atoms with E-state index in [0.29, 0.717) is 0 Å². The van der Waals surface area contributed by atoms with Gasteiger partial charge in [0.2, 0.25) is 5.82 Å². The molecule has 0 fully saturated rings. The van der Waals surface area contributed by atoms with E-state index in [-0.39, 0.29) is 16.3 Å². The number of carboxylic acid groups (broad SMARTS) is 1. The van der Waals surface area contributed by atoms with Gasteiger partial charge in [-0.05, 0) is 24.3 Å². The molecule has 0 saturated carbocycles. The van der Waals surface area contributed by atoms with Crippen molar-refractivity contribution in [2.45, 2.75) is 0 Å². The van der Waals surface area contributed by atoms with Gasteiger partial charge in [-0.2, -0.15) is 4.39 Å². The Hall–Kier alpha value is -2.14. The summed E-state index contributed by atoms with van der Waals surface area (Å²) in [5, 5.41) is 9.19. The summed E-state index contributed by atoms with van der Waals surface area (Å²) in [5.74, 6) is -4.12. The molecular formula is C13H7ClF2O3. The van der Waals surface area contributed by atoms with Gasteiger partial charge < -0.3 is 9.84 Å². The van der Waals surface area contributed by atoms with E-state index in [2.05, 4.69) is 0 Å². The van der Waals surface area contributed by atoms with Crippen LogP contribution in [-0.2, 0) is 0 Å². The van der Waals surface area contributed by atoms with E-state index in [0.717, 1.165) is 6.07 Å². The van der Waals surface area contributed by atoms with E-state index in [9.17, 15) is 13.6 Å². The molecule has 0 heterocycles. The highest BCUT2D eigenvalue weighted by atomic mass is 35.5. The standard InChI is InChI=1S/C13H7ClF2O3/c14-7-4-5-8(13(17)18)11(6-7)19-10-3-1-2-9(15)12(10)16/h1-6H,(H,17,18). The summed E-state index contributed by atoms with van der Waals surface area (Å²) >= 11 is 5.72. The monoisotopic (exact) mass is 284 g/mol.